The summed E-state index contributed by atoms with van der Waals surface area (Å²) in [6, 6.07) is 4.40. The molecular weight excluding hydrogens is 417 g/mol. The topological polar surface area (TPSA) is 0 Å². The second kappa shape index (κ2) is 7.95. The van der Waals surface area contributed by atoms with Crippen LogP contribution in [0.3, 0.4) is 0 Å². The summed E-state index contributed by atoms with van der Waals surface area (Å²) in [4.78, 5) is 2.53. The maximum absolute atomic E-state index is 3.58. The zero-order chi connectivity index (χ0) is 19.7. The van der Waals surface area contributed by atoms with Crippen LogP contribution in [-0.2, 0) is 0 Å². The highest BCUT2D eigenvalue weighted by atomic mass is 32.1. The van der Waals surface area contributed by atoms with E-state index in [2.05, 4.69) is 95.9 Å². The molecule has 138 valence electrons. The largest absolute Gasteiger partial charge is 0.152 e. The zero-order valence-corrected chi connectivity index (χ0v) is 21.1. The number of hydrogen-bond donors (Lipinski definition) is 0. The molecule has 0 spiro atoms. The van der Waals surface area contributed by atoms with Gasteiger partial charge < -0.3 is 0 Å². The van der Waals surface area contributed by atoms with Crippen molar-refractivity contribution in [3.63, 3.8) is 0 Å². The summed E-state index contributed by atoms with van der Waals surface area (Å²) in [7, 11) is -2.96. The van der Waals surface area contributed by atoms with E-state index in [1.54, 1.807) is 22.7 Å². The van der Waals surface area contributed by atoms with Gasteiger partial charge in [-0.05, 0) is 33.7 Å². The number of thiophene rings is 3. The Bertz CT molecular complexity index is 949. The molecule has 0 nitrogen and oxygen atoms in total. The molecule has 0 aliphatic heterocycles. The Kier molecular flexibility index (Phi) is 6.00. The van der Waals surface area contributed by atoms with Crippen LogP contribution in [0.4, 0.5) is 0 Å². The van der Waals surface area contributed by atoms with Crippen molar-refractivity contribution in [3.8, 4) is 43.8 Å². The molecule has 0 radical (unpaired) electrons. The first-order chi connectivity index (χ1) is 12.6. The van der Waals surface area contributed by atoms with Crippen molar-refractivity contribution >= 4 is 50.2 Å². The number of rotatable bonds is 2. The zero-order valence-electron chi connectivity index (χ0n) is 16.7. The monoisotopic (exact) mass is 440 g/mol. The van der Waals surface area contributed by atoms with Gasteiger partial charge >= 0.3 is 0 Å². The van der Waals surface area contributed by atoms with E-state index in [1.807, 2.05) is 11.3 Å². The summed E-state index contributed by atoms with van der Waals surface area (Å²) < 4.78 is 0. The van der Waals surface area contributed by atoms with Gasteiger partial charge in [0.1, 0.15) is 16.1 Å². The van der Waals surface area contributed by atoms with E-state index in [9.17, 15) is 0 Å². The van der Waals surface area contributed by atoms with Crippen molar-refractivity contribution in [3.05, 3.63) is 44.8 Å². The van der Waals surface area contributed by atoms with E-state index in [0.717, 1.165) is 11.1 Å². The van der Waals surface area contributed by atoms with E-state index < -0.39 is 16.1 Å². The van der Waals surface area contributed by atoms with Crippen LogP contribution < -0.4 is 0 Å². The first-order valence-electron chi connectivity index (χ1n) is 8.92. The Morgan fingerprint density at radius 3 is 1.37 bits per heavy atom. The Hall–Kier alpha value is -1.35. The minimum Gasteiger partial charge on any atom is -0.152 e. The Morgan fingerprint density at radius 1 is 0.667 bits per heavy atom. The molecule has 0 N–H and O–H groups in total. The molecule has 0 aliphatic carbocycles. The molecule has 0 saturated carbocycles. The Labute approximate surface area is 177 Å². The van der Waals surface area contributed by atoms with Crippen molar-refractivity contribution < 1.29 is 0 Å². The molecule has 0 atom stereocenters. The first kappa shape index (κ1) is 20.4. The summed E-state index contributed by atoms with van der Waals surface area (Å²) in [5.74, 6) is 7.14. The van der Waals surface area contributed by atoms with Crippen molar-refractivity contribution in [2.75, 3.05) is 0 Å². The van der Waals surface area contributed by atoms with Crippen LogP contribution in [-0.4, -0.2) is 16.1 Å². The molecule has 0 saturated heterocycles. The molecule has 3 heterocycles. The van der Waals surface area contributed by atoms with Gasteiger partial charge in [-0.3, -0.25) is 0 Å². The Balaban J connectivity index is 2.31. The molecule has 3 aromatic rings. The molecule has 3 rings (SSSR count). The third-order valence-electron chi connectivity index (χ3n) is 3.60. The summed E-state index contributed by atoms with van der Waals surface area (Å²) in [5, 5.41) is 8.72. The summed E-state index contributed by atoms with van der Waals surface area (Å²) >= 11 is 5.32. The van der Waals surface area contributed by atoms with Gasteiger partial charge in [-0.15, -0.1) is 22.4 Å². The van der Waals surface area contributed by atoms with Crippen LogP contribution in [0.1, 0.15) is 11.1 Å². The number of hydrogen-bond acceptors (Lipinski definition) is 3. The van der Waals surface area contributed by atoms with Crippen LogP contribution >= 0.6 is 34.0 Å². The van der Waals surface area contributed by atoms with Gasteiger partial charge in [-0.1, -0.05) is 51.1 Å². The van der Waals surface area contributed by atoms with Gasteiger partial charge in [0, 0.05) is 11.1 Å². The summed E-state index contributed by atoms with van der Waals surface area (Å²) in [6.45, 7) is 13.8. The molecular formula is C22H24S3Si2. The fourth-order valence-corrected chi connectivity index (χ4v) is 6.01. The summed E-state index contributed by atoms with van der Waals surface area (Å²) in [5.41, 5.74) is 12.0. The quantitative estimate of drug-likeness (QED) is 0.283. The minimum absolute atomic E-state index is 1.13. The highest BCUT2D eigenvalue weighted by Crippen LogP contribution is 2.43. The summed E-state index contributed by atoms with van der Waals surface area (Å²) in [6.07, 6.45) is 0. The molecule has 27 heavy (non-hydrogen) atoms. The smallest absolute Gasteiger partial charge is 0.129 e. The lowest BCUT2D eigenvalue weighted by Gasteiger charge is -2.05. The molecule has 0 unspecified atom stereocenters. The fraction of sp³-hybridized carbons (Fsp3) is 0.273. The van der Waals surface area contributed by atoms with E-state index >= 15 is 0 Å². The molecule has 0 aromatic carbocycles. The average Bonchev–Trinajstić information content (AvgIpc) is 3.28. The first-order valence-corrected chi connectivity index (χ1v) is 18.6. The normalized spacial score (nSPS) is 11.5. The fourth-order valence-electron chi connectivity index (χ4n) is 2.36. The van der Waals surface area contributed by atoms with Crippen LogP contribution in [0.25, 0.3) is 20.9 Å². The second-order valence-corrected chi connectivity index (χ2v) is 20.6. The highest BCUT2D eigenvalue weighted by Gasteiger charge is 2.20. The second-order valence-electron chi connectivity index (χ2n) is 8.53. The lowest BCUT2D eigenvalue weighted by Crippen LogP contribution is -2.16. The molecule has 0 aliphatic rings. The molecule has 3 aromatic heterocycles. The van der Waals surface area contributed by atoms with Crippen LogP contribution in [0.2, 0.25) is 39.3 Å². The molecule has 0 amide bonds. The van der Waals surface area contributed by atoms with Crippen molar-refractivity contribution in [1.82, 2.24) is 0 Å². The van der Waals surface area contributed by atoms with Gasteiger partial charge in [-0.2, -0.15) is 22.7 Å². The standard InChI is InChI=1S/C22H24S3Si2/c1-26(2,3)13-9-19-20(10-14-27(4,5)6)22(18-8-12-24-16-18)25-21(19)17-7-11-23-15-17/h7-8,11-12,15-16H,1-6H3. The van der Waals surface area contributed by atoms with Crippen molar-refractivity contribution in [2.24, 2.45) is 0 Å². The highest BCUT2D eigenvalue weighted by molar-refractivity contribution is 7.20. The Morgan fingerprint density at radius 2 is 1.07 bits per heavy atom. The van der Waals surface area contributed by atoms with Gasteiger partial charge in [0.2, 0.25) is 0 Å². The van der Waals surface area contributed by atoms with E-state index in [4.69, 9.17) is 0 Å². The lowest BCUT2D eigenvalue weighted by atomic mass is 10.0. The lowest BCUT2D eigenvalue weighted by molar-refractivity contribution is 1.70. The predicted octanol–water partition coefficient (Wildman–Crippen LogP) is 7.66. The average molecular weight is 441 g/mol. The van der Waals surface area contributed by atoms with Crippen molar-refractivity contribution in [1.29, 1.82) is 0 Å². The van der Waals surface area contributed by atoms with Gasteiger partial charge in [-0.25, -0.2) is 0 Å². The minimum atomic E-state index is -1.48. The van der Waals surface area contributed by atoms with Crippen molar-refractivity contribution in [2.45, 2.75) is 39.3 Å². The predicted molar refractivity (Wildman–Crippen MR) is 131 cm³/mol. The maximum Gasteiger partial charge on any atom is 0.129 e. The van der Waals surface area contributed by atoms with Gasteiger partial charge in [0.25, 0.3) is 0 Å². The maximum atomic E-state index is 3.58. The van der Waals surface area contributed by atoms with Gasteiger partial charge in [0.05, 0.1) is 20.9 Å². The van der Waals surface area contributed by atoms with E-state index in [-0.39, 0.29) is 0 Å². The van der Waals surface area contributed by atoms with Gasteiger partial charge in [0.15, 0.2) is 0 Å². The van der Waals surface area contributed by atoms with Crippen LogP contribution in [0.15, 0.2) is 33.7 Å². The molecule has 5 heteroatoms. The third-order valence-corrected chi connectivity index (χ3v) is 8.00. The van der Waals surface area contributed by atoms with Crippen LogP contribution in [0.5, 0.6) is 0 Å². The molecule has 0 fully saturated rings. The third kappa shape index (κ3) is 5.34. The SMILES string of the molecule is C[Si](C)(C)C#Cc1c(-c2ccsc2)sc(-c2ccsc2)c1C#C[Si](C)(C)C. The van der Waals surface area contributed by atoms with Crippen LogP contribution in [0, 0.1) is 22.9 Å². The van der Waals surface area contributed by atoms with E-state index in [0.29, 0.717) is 0 Å². The van der Waals surface area contributed by atoms with E-state index in [1.165, 1.54) is 20.9 Å². The molecule has 0 bridgehead atoms.